The van der Waals surface area contributed by atoms with E-state index in [-0.39, 0.29) is 11.5 Å². The van der Waals surface area contributed by atoms with Crippen LogP contribution in [0.5, 0.6) is 5.75 Å². The van der Waals surface area contributed by atoms with Crippen LogP contribution in [-0.4, -0.2) is 44.0 Å². The van der Waals surface area contributed by atoms with E-state index in [1.165, 1.54) is 24.0 Å². The van der Waals surface area contributed by atoms with Gasteiger partial charge in [-0.15, -0.1) is 0 Å². The Balaban J connectivity index is 1.54. The number of hydrogen-bond acceptors (Lipinski definition) is 4. The van der Waals surface area contributed by atoms with Crippen LogP contribution in [0.1, 0.15) is 54.1 Å². The molecule has 0 radical (unpaired) electrons. The molecule has 1 N–H and O–H groups in total. The average Bonchev–Trinajstić information content (AvgIpc) is 2.93. The van der Waals surface area contributed by atoms with Crippen LogP contribution in [0.15, 0.2) is 36.4 Å². The third kappa shape index (κ3) is 4.10. The third-order valence-corrected chi connectivity index (χ3v) is 8.43. The van der Waals surface area contributed by atoms with Crippen molar-refractivity contribution in [2.75, 3.05) is 31.7 Å². The molecule has 2 aromatic rings. The number of hydrogen-bond donors (Lipinski definition) is 1. The fourth-order valence-corrected chi connectivity index (χ4v) is 6.34. The maximum atomic E-state index is 11.8. The van der Waals surface area contributed by atoms with Crippen LogP contribution < -0.4 is 9.64 Å². The van der Waals surface area contributed by atoms with Crippen molar-refractivity contribution in [3.8, 4) is 5.75 Å². The van der Waals surface area contributed by atoms with Crippen molar-refractivity contribution in [1.29, 1.82) is 0 Å². The van der Waals surface area contributed by atoms with Crippen LogP contribution in [-0.2, 0) is 16.6 Å². The van der Waals surface area contributed by atoms with Crippen molar-refractivity contribution < 1.29 is 19.4 Å². The number of benzene rings is 2. The zero-order valence-electron chi connectivity index (χ0n) is 19.4. The summed E-state index contributed by atoms with van der Waals surface area (Å²) in [6.07, 6.45) is 5.74. The Hall–Kier alpha value is -2.24. The normalized spacial score (nSPS) is 27.1. The second kappa shape index (κ2) is 8.84. The Kier molecular flexibility index (Phi) is 6.04. The highest BCUT2D eigenvalue weighted by atomic mass is 35.5. The molecule has 33 heavy (non-hydrogen) atoms. The van der Waals surface area contributed by atoms with Gasteiger partial charge in [-0.1, -0.05) is 17.7 Å². The summed E-state index contributed by atoms with van der Waals surface area (Å²) in [6.45, 7) is 4.42. The highest BCUT2D eigenvalue weighted by molar-refractivity contribution is 6.30. The number of aryl methyl sites for hydroxylation is 1. The number of rotatable bonds is 5. The lowest BCUT2D eigenvalue weighted by molar-refractivity contribution is -0.00436. The summed E-state index contributed by atoms with van der Waals surface area (Å²) in [5.41, 5.74) is 3.68. The lowest BCUT2D eigenvalue weighted by Gasteiger charge is -2.45. The van der Waals surface area contributed by atoms with Gasteiger partial charge in [0.2, 0.25) is 0 Å². The van der Waals surface area contributed by atoms with Crippen molar-refractivity contribution >= 4 is 23.3 Å². The van der Waals surface area contributed by atoms with Gasteiger partial charge in [0.15, 0.2) is 0 Å². The first kappa shape index (κ1) is 22.5. The molecule has 0 amide bonds. The van der Waals surface area contributed by atoms with E-state index in [0.717, 1.165) is 48.8 Å². The SMILES string of the molecule is CO[C@@H](C)[C@@H]1CC[C@H]1CN1C[C@@]2(CCCc3cc(Cl)ccc32)COc2ccc(C(=O)O)cc21. The minimum Gasteiger partial charge on any atom is -0.490 e. The molecule has 2 aliphatic carbocycles. The predicted octanol–water partition coefficient (Wildman–Crippen LogP) is 5.57. The van der Waals surface area contributed by atoms with E-state index in [1.807, 2.05) is 12.1 Å². The van der Waals surface area contributed by atoms with Crippen LogP contribution in [0, 0.1) is 11.8 Å². The van der Waals surface area contributed by atoms with Crippen LogP contribution in [0.25, 0.3) is 0 Å². The van der Waals surface area contributed by atoms with Gasteiger partial charge >= 0.3 is 5.97 Å². The molecule has 176 valence electrons. The first-order valence-electron chi connectivity index (χ1n) is 12.0. The molecule has 0 unspecified atom stereocenters. The molecule has 3 aliphatic rings. The van der Waals surface area contributed by atoms with Crippen molar-refractivity contribution in [2.45, 2.75) is 50.5 Å². The molecule has 0 aromatic heterocycles. The molecule has 2 aromatic carbocycles. The van der Waals surface area contributed by atoms with E-state index in [1.54, 1.807) is 19.2 Å². The Morgan fingerprint density at radius 3 is 2.88 bits per heavy atom. The summed E-state index contributed by atoms with van der Waals surface area (Å²) in [7, 11) is 1.79. The van der Waals surface area contributed by atoms with Crippen LogP contribution in [0.3, 0.4) is 0 Å². The zero-order valence-corrected chi connectivity index (χ0v) is 20.1. The molecule has 4 atom stereocenters. The largest absolute Gasteiger partial charge is 0.490 e. The fourth-order valence-electron chi connectivity index (χ4n) is 6.14. The molecule has 1 aliphatic heterocycles. The minimum atomic E-state index is -0.913. The number of carboxylic acid groups (broad SMARTS) is 1. The van der Waals surface area contributed by atoms with Crippen LogP contribution in [0.4, 0.5) is 5.69 Å². The van der Waals surface area contributed by atoms with Crippen molar-refractivity contribution in [2.24, 2.45) is 11.8 Å². The minimum absolute atomic E-state index is 0.146. The van der Waals surface area contributed by atoms with Gasteiger partial charge < -0.3 is 19.5 Å². The van der Waals surface area contributed by atoms with E-state index in [9.17, 15) is 9.90 Å². The molecule has 0 bridgehead atoms. The number of nitrogens with zero attached hydrogens (tertiary/aromatic N) is 1. The van der Waals surface area contributed by atoms with Crippen LogP contribution >= 0.6 is 11.6 Å². The van der Waals surface area contributed by atoms with E-state index in [0.29, 0.717) is 24.0 Å². The predicted molar refractivity (Wildman–Crippen MR) is 130 cm³/mol. The van der Waals surface area contributed by atoms with Gasteiger partial charge in [0, 0.05) is 30.6 Å². The molecular formula is C27H32ClNO4. The molecule has 1 heterocycles. The summed E-state index contributed by atoms with van der Waals surface area (Å²) < 4.78 is 12.1. The second-order valence-corrected chi connectivity index (χ2v) is 10.5. The quantitative estimate of drug-likeness (QED) is 0.620. The van der Waals surface area contributed by atoms with Crippen molar-refractivity contribution in [3.05, 3.63) is 58.1 Å². The van der Waals surface area contributed by atoms with Crippen LogP contribution in [0.2, 0.25) is 5.02 Å². The van der Waals surface area contributed by atoms with E-state index in [2.05, 4.69) is 24.0 Å². The van der Waals surface area contributed by atoms with Gasteiger partial charge in [0.25, 0.3) is 0 Å². The Labute approximate surface area is 200 Å². The summed E-state index contributed by atoms with van der Waals surface area (Å²) in [4.78, 5) is 14.2. The van der Waals surface area contributed by atoms with Crippen molar-refractivity contribution in [1.82, 2.24) is 0 Å². The maximum absolute atomic E-state index is 11.8. The molecule has 6 heteroatoms. The van der Waals surface area contributed by atoms with Gasteiger partial charge in [0.1, 0.15) is 5.75 Å². The smallest absolute Gasteiger partial charge is 0.335 e. The summed E-state index contributed by atoms with van der Waals surface area (Å²) in [5.74, 6) is 0.904. The van der Waals surface area contributed by atoms with E-state index < -0.39 is 5.97 Å². The number of halogens is 1. The summed E-state index contributed by atoms with van der Waals surface area (Å²) in [5, 5.41) is 10.4. The highest BCUT2D eigenvalue weighted by Gasteiger charge is 2.44. The Bertz CT molecular complexity index is 1060. The third-order valence-electron chi connectivity index (χ3n) is 8.19. The number of anilines is 1. The van der Waals surface area contributed by atoms with E-state index >= 15 is 0 Å². The van der Waals surface area contributed by atoms with Gasteiger partial charge in [-0.05, 0) is 92.3 Å². The summed E-state index contributed by atoms with van der Waals surface area (Å²) in [6, 6.07) is 11.5. The topological polar surface area (TPSA) is 59.0 Å². The number of methoxy groups -OCH3 is 1. The Morgan fingerprint density at radius 1 is 1.30 bits per heavy atom. The van der Waals surface area contributed by atoms with Gasteiger partial charge in [0.05, 0.1) is 24.0 Å². The maximum Gasteiger partial charge on any atom is 0.335 e. The second-order valence-electron chi connectivity index (χ2n) is 10.0. The van der Waals surface area contributed by atoms with Gasteiger partial charge in [-0.25, -0.2) is 4.79 Å². The number of aromatic carboxylic acids is 1. The Morgan fingerprint density at radius 2 is 2.15 bits per heavy atom. The molecule has 5 nitrogen and oxygen atoms in total. The number of fused-ring (bicyclic) bond motifs is 3. The lowest BCUT2D eigenvalue weighted by atomic mass is 9.68. The number of carbonyl (C=O) groups is 1. The molecule has 5 rings (SSSR count). The highest BCUT2D eigenvalue weighted by Crippen LogP contribution is 2.46. The molecule has 0 saturated heterocycles. The lowest BCUT2D eigenvalue weighted by Crippen LogP contribution is -2.49. The first-order valence-corrected chi connectivity index (χ1v) is 12.3. The number of ether oxygens (including phenoxy) is 2. The molecular weight excluding hydrogens is 438 g/mol. The summed E-state index contributed by atoms with van der Waals surface area (Å²) >= 11 is 6.33. The monoisotopic (exact) mass is 469 g/mol. The van der Waals surface area contributed by atoms with Gasteiger partial charge in [-0.3, -0.25) is 0 Å². The number of carboxylic acids is 1. The molecule has 1 fully saturated rings. The average molecular weight is 470 g/mol. The van der Waals surface area contributed by atoms with Crippen molar-refractivity contribution in [3.63, 3.8) is 0 Å². The standard InChI is InChI=1S/C27H32ClNO4/c1-17(32-2)22-8-5-20(22)14-29-15-27(11-3-4-18-12-21(28)7-9-23(18)27)16-33-25-10-6-19(26(30)31)13-24(25)29/h6-7,9-10,12-13,17,20,22H,3-5,8,11,14-16H2,1-2H3,(H,30,31)/t17-,20-,22-,27-/m0/s1. The zero-order chi connectivity index (χ0) is 23.2. The van der Waals surface area contributed by atoms with Gasteiger partial charge in [-0.2, -0.15) is 0 Å². The first-order chi connectivity index (χ1) is 15.9. The molecule has 1 saturated carbocycles. The fraction of sp³-hybridized carbons (Fsp3) is 0.519. The van der Waals surface area contributed by atoms with E-state index in [4.69, 9.17) is 21.1 Å². The molecule has 1 spiro atoms.